The van der Waals surface area contributed by atoms with Crippen molar-refractivity contribution >= 4 is 23.1 Å². The average molecular weight is 382 g/mol. The average Bonchev–Trinajstić information content (AvgIpc) is 2.69. The molecule has 0 aliphatic rings. The maximum absolute atomic E-state index is 9.63. The van der Waals surface area contributed by atoms with Gasteiger partial charge in [0.15, 0.2) is 5.84 Å². The molecule has 138 valence electrons. The Morgan fingerprint density at radius 3 is 2.41 bits per heavy atom. The smallest absolute Gasteiger partial charge is 0.230 e. The van der Waals surface area contributed by atoms with Crippen LogP contribution in [0.15, 0.2) is 71.9 Å². The number of aliphatic imine (C=N–C) groups is 1. The quantitative estimate of drug-likeness (QED) is 0.337. The van der Waals surface area contributed by atoms with E-state index in [4.69, 9.17) is 16.3 Å². The Bertz CT molecular complexity index is 923. The normalized spacial score (nSPS) is 11.5. The maximum Gasteiger partial charge on any atom is 0.230 e. The molecule has 5 nitrogen and oxygen atoms in total. The van der Waals surface area contributed by atoms with Crippen LogP contribution in [0.2, 0.25) is 5.02 Å². The number of hydroxylamine groups is 1. The number of nitrogens with one attached hydrogen (secondary N) is 1. The van der Waals surface area contributed by atoms with Crippen molar-refractivity contribution < 1.29 is 9.94 Å². The minimum atomic E-state index is 0.240. The van der Waals surface area contributed by atoms with Gasteiger partial charge in [0.1, 0.15) is 5.75 Å². The fourth-order valence-corrected chi connectivity index (χ4v) is 2.60. The van der Waals surface area contributed by atoms with Gasteiger partial charge in [-0.1, -0.05) is 37.6 Å². The van der Waals surface area contributed by atoms with Crippen LogP contribution in [0.3, 0.4) is 0 Å². The van der Waals surface area contributed by atoms with Crippen molar-refractivity contribution in [3.05, 3.63) is 83.0 Å². The summed E-state index contributed by atoms with van der Waals surface area (Å²) < 4.78 is 5.83. The first-order valence-electron chi connectivity index (χ1n) is 8.54. The first-order valence-corrected chi connectivity index (χ1v) is 8.92. The van der Waals surface area contributed by atoms with Crippen LogP contribution in [-0.4, -0.2) is 16.0 Å². The summed E-state index contributed by atoms with van der Waals surface area (Å²) in [5.41, 5.74) is 4.61. The molecule has 0 bridgehead atoms. The predicted octanol–water partition coefficient (Wildman–Crippen LogP) is 5.71. The minimum Gasteiger partial charge on any atom is -0.438 e. The third-order valence-corrected chi connectivity index (χ3v) is 4.21. The molecule has 0 aliphatic heterocycles. The zero-order chi connectivity index (χ0) is 19.2. The Morgan fingerprint density at radius 2 is 1.78 bits per heavy atom. The topological polar surface area (TPSA) is 66.7 Å². The lowest BCUT2D eigenvalue weighted by Crippen LogP contribution is -2.21. The van der Waals surface area contributed by atoms with Gasteiger partial charge in [-0.3, -0.25) is 10.7 Å². The van der Waals surface area contributed by atoms with E-state index < -0.39 is 0 Å². The van der Waals surface area contributed by atoms with Crippen LogP contribution >= 0.6 is 11.6 Å². The molecule has 2 aromatic carbocycles. The molecule has 1 aromatic heterocycles. The van der Waals surface area contributed by atoms with E-state index in [2.05, 4.69) is 29.3 Å². The highest BCUT2D eigenvalue weighted by Crippen LogP contribution is 2.26. The molecule has 0 saturated heterocycles. The van der Waals surface area contributed by atoms with Crippen LogP contribution in [0.1, 0.15) is 30.9 Å². The van der Waals surface area contributed by atoms with E-state index in [1.807, 2.05) is 24.3 Å². The standard InChI is InChI=1S/C21H20ClN3O2/c1-14(2)15-5-9-17(10-6-15)24-20(25-26)19-4-3-13-23-21(19)27-18-11-7-16(22)8-12-18/h3-14,26H,1-2H3,(H,24,25). The molecule has 6 heteroatoms. The van der Waals surface area contributed by atoms with Gasteiger partial charge in [-0.05, 0) is 60.0 Å². The third kappa shape index (κ3) is 4.84. The van der Waals surface area contributed by atoms with Crippen molar-refractivity contribution in [1.82, 2.24) is 10.5 Å². The van der Waals surface area contributed by atoms with Gasteiger partial charge in [0.2, 0.25) is 5.88 Å². The molecule has 0 amide bonds. The first kappa shape index (κ1) is 18.9. The van der Waals surface area contributed by atoms with Crippen molar-refractivity contribution in [3.63, 3.8) is 0 Å². The SMILES string of the molecule is CC(C)c1ccc(N=C(NO)c2cccnc2Oc2ccc(Cl)cc2)cc1. The van der Waals surface area contributed by atoms with Crippen molar-refractivity contribution in [2.75, 3.05) is 0 Å². The molecule has 3 rings (SSSR count). The third-order valence-electron chi connectivity index (χ3n) is 3.96. The number of benzene rings is 2. The molecule has 0 atom stereocenters. The highest BCUT2D eigenvalue weighted by atomic mass is 35.5. The van der Waals surface area contributed by atoms with Crippen LogP contribution in [0.5, 0.6) is 11.6 Å². The number of rotatable bonds is 5. The van der Waals surface area contributed by atoms with Gasteiger partial charge < -0.3 is 4.74 Å². The number of amidine groups is 1. The summed E-state index contributed by atoms with van der Waals surface area (Å²) in [6.07, 6.45) is 1.61. The Hall–Kier alpha value is -2.89. The van der Waals surface area contributed by atoms with Gasteiger partial charge in [0.05, 0.1) is 11.3 Å². The number of halogens is 1. The fourth-order valence-electron chi connectivity index (χ4n) is 2.47. The zero-order valence-corrected chi connectivity index (χ0v) is 15.8. The predicted molar refractivity (Wildman–Crippen MR) is 107 cm³/mol. The lowest BCUT2D eigenvalue weighted by atomic mass is 10.0. The summed E-state index contributed by atoms with van der Waals surface area (Å²) in [6, 6.07) is 18.3. The number of hydrogen-bond donors (Lipinski definition) is 2. The molecule has 27 heavy (non-hydrogen) atoms. The highest BCUT2D eigenvalue weighted by Gasteiger charge is 2.13. The second kappa shape index (κ2) is 8.66. The van der Waals surface area contributed by atoms with Crippen molar-refractivity contribution in [3.8, 4) is 11.6 Å². The molecule has 0 fully saturated rings. The summed E-state index contributed by atoms with van der Waals surface area (Å²) in [5.74, 6) is 1.58. The van der Waals surface area contributed by atoms with E-state index in [-0.39, 0.29) is 5.84 Å². The van der Waals surface area contributed by atoms with Gasteiger partial charge >= 0.3 is 0 Å². The Kier molecular flexibility index (Phi) is 6.06. The lowest BCUT2D eigenvalue weighted by Gasteiger charge is -2.11. The van der Waals surface area contributed by atoms with E-state index in [0.29, 0.717) is 33.8 Å². The van der Waals surface area contributed by atoms with Crippen LogP contribution in [0.4, 0.5) is 5.69 Å². The minimum absolute atomic E-state index is 0.240. The number of pyridine rings is 1. The van der Waals surface area contributed by atoms with Crippen molar-refractivity contribution in [2.24, 2.45) is 4.99 Å². The summed E-state index contributed by atoms with van der Waals surface area (Å²) in [7, 11) is 0. The molecule has 2 N–H and O–H groups in total. The van der Waals surface area contributed by atoms with E-state index in [1.54, 1.807) is 42.6 Å². The maximum atomic E-state index is 9.63. The fraction of sp³-hybridized carbons (Fsp3) is 0.143. The first-order chi connectivity index (χ1) is 13.1. The van der Waals surface area contributed by atoms with Crippen LogP contribution in [-0.2, 0) is 0 Å². The largest absolute Gasteiger partial charge is 0.438 e. The molecule has 0 radical (unpaired) electrons. The molecular weight excluding hydrogens is 362 g/mol. The number of aromatic nitrogens is 1. The van der Waals surface area contributed by atoms with Crippen LogP contribution in [0, 0.1) is 0 Å². The molecule has 3 aromatic rings. The zero-order valence-electron chi connectivity index (χ0n) is 15.1. The van der Waals surface area contributed by atoms with Crippen molar-refractivity contribution in [1.29, 1.82) is 0 Å². The molecule has 0 spiro atoms. The number of ether oxygens (including phenoxy) is 1. The molecule has 0 saturated carbocycles. The van der Waals surface area contributed by atoms with Crippen LogP contribution in [0.25, 0.3) is 0 Å². The lowest BCUT2D eigenvalue weighted by molar-refractivity contribution is 0.234. The number of hydrogen-bond acceptors (Lipinski definition) is 4. The summed E-state index contributed by atoms with van der Waals surface area (Å²) in [5, 5.41) is 10.2. The molecule has 1 heterocycles. The van der Waals surface area contributed by atoms with Gasteiger partial charge in [-0.15, -0.1) is 0 Å². The van der Waals surface area contributed by atoms with E-state index in [9.17, 15) is 5.21 Å². The molecule has 0 aliphatic carbocycles. The monoisotopic (exact) mass is 381 g/mol. The number of nitrogens with zero attached hydrogens (tertiary/aromatic N) is 2. The van der Waals surface area contributed by atoms with E-state index >= 15 is 0 Å². The van der Waals surface area contributed by atoms with E-state index in [1.165, 1.54) is 5.56 Å². The van der Waals surface area contributed by atoms with Crippen LogP contribution < -0.4 is 10.2 Å². The molecule has 0 unspecified atom stereocenters. The highest BCUT2D eigenvalue weighted by molar-refractivity contribution is 6.30. The van der Waals surface area contributed by atoms with Crippen molar-refractivity contribution in [2.45, 2.75) is 19.8 Å². The molecular formula is C21H20ClN3O2. The Labute approximate surface area is 163 Å². The summed E-state index contributed by atoms with van der Waals surface area (Å²) in [6.45, 7) is 4.27. The summed E-state index contributed by atoms with van der Waals surface area (Å²) >= 11 is 5.91. The van der Waals surface area contributed by atoms with E-state index in [0.717, 1.165) is 0 Å². The Balaban J connectivity index is 1.92. The van der Waals surface area contributed by atoms with Gasteiger partial charge in [-0.25, -0.2) is 9.98 Å². The summed E-state index contributed by atoms with van der Waals surface area (Å²) in [4.78, 5) is 8.74. The van der Waals surface area contributed by atoms with Gasteiger partial charge in [0, 0.05) is 11.2 Å². The second-order valence-electron chi connectivity index (χ2n) is 6.23. The van der Waals surface area contributed by atoms with Gasteiger partial charge in [-0.2, -0.15) is 0 Å². The Morgan fingerprint density at radius 1 is 1.07 bits per heavy atom. The van der Waals surface area contributed by atoms with Gasteiger partial charge in [0.25, 0.3) is 0 Å². The second-order valence-corrected chi connectivity index (χ2v) is 6.67.